The first kappa shape index (κ1) is 18.5. The molecule has 3 rings (SSSR count). The highest BCUT2D eigenvalue weighted by atomic mass is 32.1. The summed E-state index contributed by atoms with van der Waals surface area (Å²) < 4.78 is 5.90. The summed E-state index contributed by atoms with van der Waals surface area (Å²) in [6.07, 6.45) is 1.85. The largest absolute Gasteiger partial charge is 0.493 e. The molecule has 1 aliphatic rings. The van der Waals surface area contributed by atoms with Crippen molar-refractivity contribution in [3.8, 4) is 5.75 Å². The van der Waals surface area contributed by atoms with E-state index in [9.17, 15) is 0 Å². The molecule has 0 radical (unpaired) electrons. The van der Waals surface area contributed by atoms with Gasteiger partial charge in [0.05, 0.1) is 13.2 Å². The maximum Gasteiger partial charge on any atom is 0.191 e. The summed E-state index contributed by atoms with van der Waals surface area (Å²) in [5.74, 6) is 1.99. The molecule has 26 heavy (non-hydrogen) atoms. The number of aromatic nitrogens is 1. The number of guanidine groups is 1. The average molecular weight is 374 g/mol. The Morgan fingerprint density at radius 2 is 2.04 bits per heavy atom. The summed E-state index contributed by atoms with van der Waals surface area (Å²) in [6.45, 7) is 9.08. The minimum absolute atomic E-state index is 0.491. The van der Waals surface area contributed by atoms with Gasteiger partial charge in [-0.2, -0.15) is 0 Å². The van der Waals surface area contributed by atoms with Crippen LogP contribution < -0.4 is 15.4 Å². The number of piperazine rings is 1. The maximum absolute atomic E-state index is 6.24. The fourth-order valence-electron chi connectivity index (χ4n) is 2.80. The maximum atomic E-state index is 6.24. The van der Waals surface area contributed by atoms with Crippen molar-refractivity contribution in [2.45, 2.75) is 20.4 Å². The number of aliphatic imine (C=N–C) groups is 1. The highest BCUT2D eigenvalue weighted by Crippen LogP contribution is 2.21. The number of anilines is 1. The van der Waals surface area contributed by atoms with E-state index in [-0.39, 0.29) is 0 Å². The van der Waals surface area contributed by atoms with Gasteiger partial charge in [0.15, 0.2) is 11.1 Å². The molecule has 1 aromatic heterocycles. The summed E-state index contributed by atoms with van der Waals surface area (Å²) in [6, 6.07) is 8.04. The van der Waals surface area contributed by atoms with E-state index in [4.69, 9.17) is 10.5 Å². The first-order chi connectivity index (χ1) is 12.6. The van der Waals surface area contributed by atoms with Crippen LogP contribution in [0, 0.1) is 5.92 Å². The zero-order valence-corrected chi connectivity index (χ0v) is 16.3. The molecule has 140 valence electrons. The molecular weight excluding hydrogens is 346 g/mol. The highest BCUT2D eigenvalue weighted by Gasteiger charge is 2.19. The van der Waals surface area contributed by atoms with Crippen molar-refractivity contribution in [1.82, 2.24) is 9.88 Å². The average Bonchev–Trinajstić information content (AvgIpc) is 3.20. The Morgan fingerprint density at radius 1 is 1.27 bits per heavy atom. The number of benzene rings is 1. The molecule has 1 fully saturated rings. The van der Waals surface area contributed by atoms with Crippen LogP contribution in [0.1, 0.15) is 19.4 Å². The predicted molar refractivity (Wildman–Crippen MR) is 108 cm³/mol. The van der Waals surface area contributed by atoms with Gasteiger partial charge in [-0.3, -0.25) is 0 Å². The Labute approximate surface area is 159 Å². The summed E-state index contributed by atoms with van der Waals surface area (Å²) in [5.41, 5.74) is 7.30. The van der Waals surface area contributed by atoms with E-state index in [1.54, 1.807) is 11.3 Å². The number of nitrogens with two attached hydrogens (primary N) is 1. The second-order valence-corrected chi connectivity index (χ2v) is 7.65. The van der Waals surface area contributed by atoms with Crippen LogP contribution in [-0.2, 0) is 6.54 Å². The topological polar surface area (TPSA) is 67.0 Å². The monoisotopic (exact) mass is 373 g/mol. The summed E-state index contributed by atoms with van der Waals surface area (Å²) >= 11 is 1.68. The van der Waals surface area contributed by atoms with E-state index in [2.05, 4.69) is 33.6 Å². The van der Waals surface area contributed by atoms with E-state index in [1.165, 1.54) is 0 Å². The Balaban J connectivity index is 1.56. The zero-order chi connectivity index (χ0) is 18.4. The van der Waals surface area contributed by atoms with Gasteiger partial charge in [-0.15, -0.1) is 11.3 Å². The molecule has 0 amide bonds. The van der Waals surface area contributed by atoms with Gasteiger partial charge in [0.25, 0.3) is 0 Å². The van der Waals surface area contributed by atoms with Crippen LogP contribution in [0.5, 0.6) is 5.75 Å². The summed E-state index contributed by atoms with van der Waals surface area (Å²) in [5, 5.41) is 3.09. The number of rotatable bonds is 6. The van der Waals surface area contributed by atoms with Crippen molar-refractivity contribution >= 4 is 22.4 Å². The van der Waals surface area contributed by atoms with E-state index in [0.717, 1.165) is 42.6 Å². The predicted octanol–water partition coefficient (Wildman–Crippen LogP) is 2.81. The Morgan fingerprint density at radius 3 is 2.73 bits per heavy atom. The lowest BCUT2D eigenvalue weighted by Gasteiger charge is -2.35. The smallest absolute Gasteiger partial charge is 0.191 e. The first-order valence-electron chi connectivity index (χ1n) is 9.03. The lowest BCUT2D eigenvalue weighted by molar-refractivity contribution is 0.268. The molecule has 0 aliphatic carbocycles. The minimum atomic E-state index is 0.491. The first-order valence-corrected chi connectivity index (χ1v) is 9.91. The second-order valence-electron chi connectivity index (χ2n) is 6.78. The van der Waals surface area contributed by atoms with E-state index in [0.29, 0.717) is 25.0 Å². The molecule has 1 aromatic carbocycles. The van der Waals surface area contributed by atoms with Crippen molar-refractivity contribution in [2.75, 3.05) is 37.7 Å². The van der Waals surface area contributed by atoms with Crippen LogP contribution in [0.25, 0.3) is 0 Å². The second kappa shape index (κ2) is 8.89. The van der Waals surface area contributed by atoms with Crippen LogP contribution >= 0.6 is 11.3 Å². The lowest BCUT2D eigenvalue weighted by Crippen LogP contribution is -2.51. The standard InChI is InChI=1S/C19H27N5OS/c1-15(2)14-25-17-6-4-3-5-16(17)13-22-18(20)23-8-10-24(11-9-23)19-21-7-12-26-19/h3-7,12,15H,8-11,13-14H2,1-2H3,(H2,20,22). The van der Waals surface area contributed by atoms with Crippen LogP contribution in [0.4, 0.5) is 5.13 Å². The molecule has 0 atom stereocenters. The van der Waals surface area contributed by atoms with Gasteiger partial charge in [-0.1, -0.05) is 32.0 Å². The molecule has 2 N–H and O–H groups in total. The van der Waals surface area contributed by atoms with Crippen LogP contribution in [0.2, 0.25) is 0 Å². The number of thiazole rings is 1. The number of hydrogen-bond donors (Lipinski definition) is 1. The van der Waals surface area contributed by atoms with Gasteiger partial charge in [0, 0.05) is 43.3 Å². The third kappa shape index (κ3) is 4.88. The Bertz CT molecular complexity index is 708. The minimum Gasteiger partial charge on any atom is -0.493 e. The van der Waals surface area contributed by atoms with E-state index >= 15 is 0 Å². The van der Waals surface area contributed by atoms with Gasteiger partial charge in [0.2, 0.25) is 0 Å². The zero-order valence-electron chi connectivity index (χ0n) is 15.5. The quantitative estimate of drug-likeness (QED) is 0.623. The lowest BCUT2D eigenvalue weighted by atomic mass is 10.2. The molecule has 0 spiro atoms. The molecule has 0 unspecified atom stereocenters. The highest BCUT2D eigenvalue weighted by molar-refractivity contribution is 7.13. The molecule has 6 nitrogen and oxygen atoms in total. The molecule has 2 aromatic rings. The molecule has 7 heteroatoms. The summed E-state index contributed by atoms with van der Waals surface area (Å²) in [7, 11) is 0. The van der Waals surface area contributed by atoms with Gasteiger partial charge in [-0.05, 0) is 12.0 Å². The van der Waals surface area contributed by atoms with Crippen molar-refractivity contribution < 1.29 is 4.74 Å². The van der Waals surface area contributed by atoms with Gasteiger partial charge < -0.3 is 20.3 Å². The van der Waals surface area contributed by atoms with Crippen molar-refractivity contribution in [1.29, 1.82) is 0 Å². The fraction of sp³-hybridized carbons (Fsp3) is 0.474. The van der Waals surface area contributed by atoms with Crippen molar-refractivity contribution in [3.63, 3.8) is 0 Å². The number of ether oxygens (including phenoxy) is 1. The molecule has 1 aliphatic heterocycles. The molecule has 2 heterocycles. The number of nitrogens with zero attached hydrogens (tertiary/aromatic N) is 4. The third-order valence-corrected chi connectivity index (χ3v) is 5.08. The molecule has 0 saturated carbocycles. The number of hydrogen-bond acceptors (Lipinski definition) is 5. The molecule has 0 bridgehead atoms. The SMILES string of the molecule is CC(C)COc1ccccc1CN=C(N)N1CCN(c2nccs2)CC1. The Kier molecular flexibility index (Phi) is 6.33. The van der Waals surface area contributed by atoms with E-state index < -0.39 is 0 Å². The van der Waals surface area contributed by atoms with Crippen LogP contribution in [0.15, 0.2) is 40.8 Å². The van der Waals surface area contributed by atoms with E-state index in [1.807, 2.05) is 35.8 Å². The molecule has 1 saturated heterocycles. The van der Waals surface area contributed by atoms with Gasteiger partial charge >= 0.3 is 0 Å². The fourth-order valence-corrected chi connectivity index (χ4v) is 3.49. The van der Waals surface area contributed by atoms with Crippen molar-refractivity contribution in [3.05, 3.63) is 41.4 Å². The van der Waals surface area contributed by atoms with Crippen LogP contribution in [-0.4, -0.2) is 48.6 Å². The van der Waals surface area contributed by atoms with Crippen LogP contribution in [0.3, 0.4) is 0 Å². The molecular formula is C19H27N5OS. The third-order valence-electron chi connectivity index (χ3n) is 4.25. The Hall–Kier alpha value is -2.28. The number of para-hydroxylation sites is 1. The van der Waals surface area contributed by atoms with Gasteiger partial charge in [0.1, 0.15) is 5.75 Å². The van der Waals surface area contributed by atoms with Gasteiger partial charge in [-0.25, -0.2) is 9.98 Å². The normalized spacial score (nSPS) is 15.6. The summed E-state index contributed by atoms with van der Waals surface area (Å²) in [4.78, 5) is 13.4. The van der Waals surface area contributed by atoms with Crippen molar-refractivity contribution in [2.24, 2.45) is 16.6 Å².